The molecule has 0 bridgehead atoms. The number of ether oxygens (including phenoxy) is 1. The number of carbonyl (C=O) groups is 1. The van der Waals surface area contributed by atoms with Gasteiger partial charge in [-0.05, 0) is 30.5 Å². The van der Waals surface area contributed by atoms with Gasteiger partial charge in [0.1, 0.15) is 0 Å². The molecule has 1 aromatic carbocycles. The molecule has 0 radical (unpaired) electrons. The molecular formula is C13H16O2. The number of carbonyl (C=O) groups excluding carboxylic acids is 1. The molecule has 2 heteroatoms. The maximum atomic E-state index is 11.0. The molecular weight excluding hydrogens is 188 g/mol. The van der Waals surface area contributed by atoms with Gasteiger partial charge in [-0.3, -0.25) is 0 Å². The zero-order valence-corrected chi connectivity index (χ0v) is 9.19. The van der Waals surface area contributed by atoms with E-state index in [1.165, 1.54) is 11.6 Å². The minimum atomic E-state index is -0.294. The lowest BCUT2D eigenvalue weighted by molar-refractivity contribution is -0.137. The normalized spacial score (nSPS) is 10.5. The van der Waals surface area contributed by atoms with Crippen molar-refractivity contribution in [3.05, 3.63) is 41.5 Å². The summed E-state index contributed by atoms with van der Waals surface area (Å²) >= 11 is 0. The second kappa shape index (κ2) is 6.02. The summed E-state index contributed by atoms with van der Waals surface area (Å²) in [5, 5.41) is 0. The predicted octanol–water partition coefficient (Wildman–Crippen LogP) is 2.83. The Morgan fingerprint density at radius 2 is 1.93 bits per heavy atom. The second-order valence-electron chi connectivity index (χ2n) is 3.18. The van der Waals surface area contributed by atoms with Crippen LogP contribution in [-0.4, -0.2) is 12.6 Å². The Hall–Kier alpha value is -1.57. The van der Waals surface area contributed by atoms with Crippen LogP contribution in [0.3, 0.4) is 0 Å². The van der Waals surface area contributed by atoms with E-state index in [1.807, 2.05) is 12.1 Å². The zero-order valence-electron chi connectivity index (χ0n) is 9.19. The van der Waals surface area contributed by atoms with E-state index in [4.69, 9.17) is 4.74 Å². The van der Waals surface area contributed by atoms with Crippen LogP contribution in [0.25, 0.3) is 6.08 Å². The largest absolute Gasteiger partial charge is 0.463 e. The summed E-state index contributed by atoms with van der Waals surface area (Å²) in [6.07, 6.45) is 4.24. The van der Waals surface area contributed by atoms with E-state index in [9.17, 15) is 4.79 Å². The first-order chi connectivity index (χ1) is 7.26. The van der Waals surface area contributed by atoms with Crippen LogP contribution < -0.4 is 0 Å². The topological polar surface area (TPSA) is 26.3 Å². The molecule has 0 unspecified atom stereocenters. The van der Waals surface area contributed by atoms with Crippen LogP contribution >= 0.6 is 0 Å². The van der Waals surface area contributed by atoms with E-state index in [0.29, 0.717) is 6.61 Å². The molecule has 0 spiro atoms. The smallest absolute Gasteiger partial charge is 0.330 e. The summed E-state index contributed by atoms with van der Waals surface area (Å²) in [4.78, 5) is 11.0. The second-order valence-corrected chi connectivity index (χ2v) is 3.18. The molecule has 0 aromatic heterocycles. The molecule has 0 atom stereocenters. The minimum absolute atomic E-state index is 0.294. The Morgan fingerprint density at radius 1 is 1.27 bits per heavy atom. The molecule has 0 saturated carbocycles. The maximum Gasteiger partial charge on any atom is 0.330 e. The van der Waals surface area contributed by atoms with Crippen molar-refractivity contribution in [2.75, 3.05) is 6.61 Å². The van der Waals surface area contributed by atoms with Gasteiger partial charge in [-0.1, -0.05) is 31.2 Å². The van der Waals surface area contributed by atoms with Gasteiger partial charge in [0.2, 0.25) is 0 Å². The Labute approximate surface area is 90.6 Å². The molecule has 1 rings (SSSR count). The van der Waals surface area contributed by atoms with Crippen LogP contribution in [0.4, 0.5) is 0 Å². The highest BCUT2D eigenvalue weighted by Gasteiger charge is 1.94. The maximum absolute atomic E-state index is 11.0. The average molecular weight is 204 g/mol. The first-order valence-electron chi connectivity index (χ1n) is 5.20. The summed E-state index contributed by atoms with van der Waals surface area (Å²) in [6, 6.07) is 8.11. The van der Waals surface area contributed by atoms with Crippen LogP contribution in [-0.2, 0) is 16.0 Å². The highest BCUT2D eigenvalue weighted by Crippen LogP contribution is 2.06. The third kappa shape index (κ3) is 3.98. The lowest BCUT2D eigenvalue weighted by atomic mass is 10.1. The SMILES string of the molecule is CCOC(=O)/C=C/c1ccc(CC)cc1. The fourth-order valence-electron chi connectivity index (χ4n) is 1.22. The summed E-state index contributed by atoms with van der Waals surface area (Å²) < 4.78 is 4.78. The van der Waals surface area contributed by atoms with Gasteiger partial charge < -0.3 is 4.74 Å². The van der Waals surface area contributed by atoms with Gasteiger partial charge in [0.25, 0.3) is 0 Å². The van der Waals surface area contributed by atoms with Gasteiger partial charge in [0.15, 0.2) is 0 Å². The van der Waals surface area contributed by atoms with Crippen LogP contribution in [0, 0.1) is 0 Å². The van der Waals surface area contributed by atoms with Crippen LogP contribution in [0.1, 0.15) is 25.0 Å². The van der Waals surface area contributed by atoms with Crippen LogP contribution in [0.5, 0.6) is 0 Å². The van der Waals surface area contributed by atoms with Gasteiger partial charge in [0, 0.05) is 6.08 Å². The molecule has 2 nitrogen and oxygen atoms in total. The van der Waals surface area contributed by atoms with Crippen molar-refractivity contribution in [2.24, 2.45) is 0 Å². The van der Waals surface area contributed by atoms with Crippen molar-refractivity contribution < 1.29 is 9.53 Å². The fraction of sp³-hybridized carbons (Fsp3) is 0.308. The van der Waals surface area contributed by atoms with Crippen molar-refractivity contribution in [3.8, 4) is 0 Å². The summed E-state index contributed by atoms with van der Waals surface area (Å²) in [5.41, 5.74) is 2.31. The standard InChI is InChI=1S/C13H16O2/c1-3-11-5-7-12(8-6-11)9-10-13(14)15-4-2/h5-10H,3-4H2,1-2H3/b10-9+. The first kappa shape index (κ1) is 11.5. The molecule has 15 heavy (non-hydrogen) atoms. The summed E-state index contributed by atoms with van der Waals surface area (Å²) in [5.74, 6) is -0.294. The van der Waals surface area contributed by atoms with Gasteiger partial charge in [-0.25, -0.2) is 4.79 Å². The number of rotatable bonds is 4. The quantitative estimate of drug-likeness (QED) is 0.557. The monoisotopic (exact) mass is 204 g/mol. The van der Waals surface area contributed by atoms with Crippen molar-refractivity contribution in [3.63, 3.8) is 0 Å². The number of esters is 1. The molecule has 0 aliphatic carbocycles. The third-order valence-electron chi connectivity index (χ3n) is 2.09. The zero-order chi connectivity index (χ0) is 11.1. The molecule has 80 valence electrons. The fourth-order valence-corrected chi connectivity index (χ4v) is 1.22. The number of aryl methyl sites for hydroxylation is 1. The van der Waals surface area contributed by atoms with Crippen molar-refractivity contribution in [1.82, 2.24) is 0 Å². The van der Waals surface area contributed by atoms with Gasteiger partial charge in [-0.15, -0.1) is 0 Å². The van der Waals surface area contributed by atoms with Gasteiger partial charge >= 0.3 is 5.97 Å². The number of hydrogen-bond donors (Lipinski definition) is 0. The minimum Gasteiger partial charge on any atom is -0.463 e. The summed E-state index contributed by atoms with van der Waals surface area (Å²) in [7, 11) is 0. The highest BCUT2D eigenvalue weighted by molar-refractivity contribution is 5.86. The van der Waals surface area contributed by atoms with E-state index in [-0.39, 0.29) is 5.97 Å². The Balaban J connectivity index is 2.60. The molecule has 0 N–H and O–H groups in total. The Bertz CT molecular complexity index is 336. The third-order valence-corrected chi connectivity index (χ3v) is 2.09. The van der Waals surface area contributed by atoms with E-state index in [0.717, 1.165) is 12.0 Å². The number of benzene rings is 1. The Morgan fingerprint density at radius 3 is 2.47 bits per heavy atom. The van der Waals surface area contributed by atoms with Crippen LogP contribution in [0.2, 0.25) is 0 Å². The van der Waals surface area contributed by atoms with Crippen LogP contribution in [0.15, 0.2) is 30.3 Å². The molecule has 0 amide bonds. The van der Waals surface area contributed by atoms with E-state index in [2.05, 4.69) is 19.1 Å². The van der Waals surface area contributed by atoms with E-state index >= 15 is 0 Å². The molecule has 0 aliphatic heterocycles. The van der Waals surface area contributed by atoms with Gasteiger partial charge in [0.05, 0.1) is 6.61 Å². The average Bonchev–Trinajstić information content (AvgIpc) is 2.27. The van der Waals surface area contributed by atoms with Crippen molar-refractivity contribution in [1.29, 1.82) is 0 Å². The van der Waals surface area contributed by atoms with Crippen molar-refractivity contribution >= 4 is 12.0 Å². The molecule has 0 fully saturated rings. The first-order valence-corrected chi connectivity index (χ1v) is 5.20. The molecule has 0 aliphatic rings. The highest BCUT2D eigenvalue weighted by atomic mass is 16.5. The number of hydrogen-bond acceptors (Lipinski definition) is 2. The lowest BCUT2D eigenvalue weighted by Crippen LogP contribution is -1.98. The molecule has 0 saturated heterocycles. The van der Waals surface area contributed by atoms with Crippen molar-refractivity contribution in [2.45, 2.75) is 20.3 Å². The summed E-state index contributed by atoms with van der Waals surface area (Å²) in [6.45, 7) is 4.32. The van der Waals surface area contributed by atoms with Gasteiger partial charge in [-0.2, -0.15) is 0 Å². The van der Waals surface area contributed by atoms with E-state index < -0.39 is 0 Å². The molecule has 1 aromatic rings. The predicted molar refractivity (Wildman–Crippen MR) is 61.5 cm³/mol. The Kier molecular flexibility index (Phi) is 4.61. The van der Waals surface area contributed by atoms with E-state index in [1.54, 1.807) is 13.0 Å². The lowest BCUT2D eigenvalue weighted by Gasteiger charge is -1.97. The molecule has 0 heterocycles.